The van der Waals surface area contributed by atoms with E-state index < -0.39 is 0 Å². The minimum absolute atomic E-state index is 0.194. The fourth-order valence-electron chi connectivity index (χ4n) is 3.03. The lowest BCUT2D eigenvalue weighted by Gasteiger charge is -2.04. The zero-order chi connectivity index (χ0) is 23.9. The minimum Gasteiger partial charge on any atom is -0.339 e. The number of anilines is 1. The van der Waals surface area contributed by atoms with Gasteiger partial charge in [-0.2, -0.15) is 10.2 Å². The third-order valence-electron chi connectivity index (χ3n) is 4.97. The number of nitrogens with one attached hydrogen (secondary N) is 1. The summed E-state index contributed by atoms with van der Waals surface area (Å²) in [5.74, 6) is 1.89. The standard InChI is InChI=1S/C24H22N6O2S2/c1-15(2)18-7-9-19(10-8-18)22-27-21(32-30-22)12-11-20(31)26-23-28-29-24(34-23)33-14-17-5-3-16(13-25)4-6-17/h3-10,15H,11-12,14H2,1-2H3,(H,26,28,31). The Morgan fingerprint density at radius 1 is 1.15 bits per heavy atom. The normalized spacial score (nSPS) is 10.9. The predicted octanol–water partition coefficient (Wildman–Crippen LogP) is 5.45. The topological polar surface area (TPSA) is 118 Å². The van der Waals surface area contributed by atoms with Gasteiger partial charge in [0, 0.05) is 24.2 Å². The molecule has 2 aromatic heterocycles. The van der Waals surface area contributed by atoms with Crippen LogP contribution in [0.15, 0.2) is 57.4 Å². The number of nitrogens with zero attached hydrogens (tertiary/aromatic N) is 5. The van der Waals surface area contributed by atoms with E-state index in [1.54, 1.807) is 12.1 Å². The van der Waals surface area contributed by atoms with Gasteiger partial charge in [0.05, 0.1) is 11.6 Å². The summed E-state index contributed by atoms with van der Waals surface area (Å²) in [5, 5.41) is 24.3. The quantitative estimate of drug-likeness (QED) is 0.243. The number of carbonyl (C=O) groups excluding carboxylic acids is 1. The SMILES string of the molecule is CC(C)c1ccc(-c2noc(CCC(=O)Nc3nnc(SCc4ccc(C#N)cc4)s3)n2)cc1. The van der Waals surface area contributed by atoms with E-state index in [-0.39, 0.29) is 12.3 Å². The van der Waals surface area contributed by atoms with Crippen LogP contribution >= 0.6 is 23.1 Å². The van der Waals surface area contributed by atoms with Crippen molar-refractivity contribution in [3.8, 4) is 17.5 Å². The summed E-state index contributed by atoms with van der Waals surface area (Å²) in [6.45, 7) is 4.29. The van der Waals surface area contributed by atoms with Crippen molar-refractivity contribution in [1.29, 1.82) is 5.26 Å². The van der Waals surface area contributed by atoms with Crippen LogP contribution in [0.4, 0.5) is 5.13 Å². The number of aryl methyl sites for hydroxylation is 1. The zero-order valence-electron chi connectivity index (χ0n) is 18.7. The van der Waals surface area contributed by atoms with E-state index >= 15 is 0 Å². The van der Waals surface area contributed by atoms with Gasteiger partial charge in [-0.25, -0.2) is 0 Å². The monoisotopic (exact) mass is 490 g/mol. The Morgan fingerprint density at radius 2 is 1.91 bits per heavy atom. The van der Waals surface area contributed by atoms with E-state index in [0.717, 1.165) is 15.5 Å². The molecule has 0 atom stereocenters. The van der Waals surface area contributed by atoms with E-state index in [1.165, 1.54) is 28.7 Å². The fourth-order valence-corrected chi connectivity index (χ4v) is 4.76. The number of hydrogen-bond acceptors (Lipinski definition) is 9. The Bertz CT molecular complexity index is 1290. The van der Waals surface area contributed by atoms with Gasteiger partial charge >= 0.3 is 0 Å². The Balaban J connectivity index is 1.24. The summed E-state index contributed by atoms with van der Waals surface area (Å²) in [6.07, 6.45) is 0.531. The highest BCUT2D eigenvalue weighted by molar-refractivity contribution is 8.00. The second kappa shape index (κ2) is 11.0. The maximum Gasteiger partial charge on any atom is 0.227 e. The third-order valence-corrected chi connectivity index (χ3v) is 7.01. The molecule has 172 valence electrons. The smallest absolute Gasteiger partial charge is 0.227 e. The van der Waals surface area contributed by atoms with Crippen LogP contribution in [0.5, 0.6) is 0 Å². The molecule has 0 aliphatic rings. The molecule has 1 amide bonds. The number of benzene rings is 2. The van der Waals surface area contributed by atoms with Gasteiger partial charge in [-0.1, -0.05) is 78.5 Å². The van der Waals surface area contributed by atoms with Crippen LogP contribution in [0, 0.1) is 11.3 Å². The van der Waals surface area contributed by atoms with Crippen molar-refractivity contribution in [2.45, 2.75) is 42.7 Å². The molecule has 2 heterocycles. The molecule has 0 aliphatic heterocycles. The van der Waals surface area contributed by atoms with Gasteiger partial charge in [0.2, 0.25) is 22.8 Å². The number of rotatable bonds is 9. The van der Waals surface area contributed by atoms with E-state index in [0.29, 0.717) is 40.5 Å². The number of hydrogen-bond donors (Lipinski definition) is 1. The highest BCUT2D eigenvalue weighted by atomic mass is 32.2. The first kappa shape index (κ1) is 23.6. The summed E-state index contributed by atoms with van der Waals surface area (Å²) in [6, 6.07) is 17.6. The Morgan fingerprint density at radius 3 is 2.62 bits per heavy atom. The molecule has 0 fully saturated rings. The third kappa shape index (κ3) is 6.27. The van der Waals surface area contributed by atoms with Crippen LogP contribution in [-0.4, -0.2) is 26.2 Å². The first-order chi connectivity index (χ1) is 16.5. The second-order valence-electron chi connectivity index (χ2n) is 7.81. The van der Waals surface area contributed by atoms with Crippen molar-refractivity contribution in [2.24, 2.45) is 0 Å². The molecule has 0 saturated carbocycles. The van der Waals surface area contributed by atoms with Gasteiger partial charge in [0.15, 0.2) is 4.34 Å². The number of carbonyl (C=O) groups is 1. The number of amides is 1. The lowest BCUT2D eigenvalue weighted by Crippen LogP contribution is -2.12. The lowest BCUT2D eigenvalue weighted by molar-refractivity contribution is -0.116. The van der Waals surface area contributed by atoms with Crippen LogP contribution in [0.1, 0.15) is 48.8 Å². The predicted molar refractivity (Wildman–Crippen MR) is 131 cm³/mol. The zero-order valence-corrected chi connectivity index (χ0v) is 20.3. The molecule has 2 aromatic carbocycles. The average Bonchev–Trinajstić information content (AvgIpc) is 3.51. The second-order valence-corrected chi connectivity index (χ2v) is 10.0. The summed E-state index contributed by atoms with van der Waals surface area (Å²) >= 11 is 2.84. The molecule has 1 N–H and O–H groups in total. The molecule has 0 spiro atoms. The van der Waals surface area contributed by atoms with Crippen LogP contribution in [0.25, 0.3) is 11.4 Å². The number of nitriles is 1. The van der Waals surface area contributed by atoms with Crippen molar-refractivity contribution in [2.75, 3.05) is 5.32 Å². The maximum atomic E-state index is 12.3. The molecule has 10 heteroatoms. The fraction of sp³-hybridized carbons (Fsp3) is 0.250. The lowest BCUT2D eigenvalue weighted by atomic mass is 10.0. The van der Waals surface area contributed by atoms with Gasteiger partial charge in [-0.15, -0.1) is 10.2 Å². The van der Waals surface area contributed by atoms with E-state index in [1.807, 2.05) is 24.3 Å². The molecule has 0 radical (unpaired) electrons. The van der Waals surface area contributed by atoms with Gasteiger partial charge in [0.25, 0.3) is 0 Å². The van der Waals surface area contributed by atoms with Crippen LogP contribution in [-0.2, 0) is 17.0 Å². The highest BCUT2D eigenvalue weighted by Crippen LogP contribution is 2.28. The molecule has 0 unspecified atom stereocenters. The largest absolute Gasteiger partial charge is 0.339 e. The van der Waals surface area contributed by atoms with Gasteiger partial charge < -0.3 is 9.84 Å². The van der Waals surface area contributed by atoms with Crippen molar-refractivity contribution in [3.05, 3.63) is 71.1 Å². The Kier molecular flexibility index (Phi) is 7.67. The molecule has 34 heavy (non-hydrogen) atoms. The molecule has 8 nitrogen and oxygen atoms in total. The molecular formula is C24H22N6O2S2. The Labute approximate surface area is 205 Å². The van der Waals surface area contributed by atoms with Crippen LogP contribution in [0.2, 0.25) is 0 Å². The molecule has 0 bridgehead atoms. The van der Waals surface area contributed by atoms with Crippen LogP contribution < -0.4 is 5.32 Å². The summed E-state index contributed by atoms with van der Waals surface area (Å²) < 4.78 is 6.06. The summed E-state index contributed by atoms with van der Waals surface area (Å²) in [4.78, 5) is 16.7. The number of thioether (sulfide) groups is 1. The van der Waals surface area contributed by atoms with Gasteiger partial charge in [-0.3, -0.25) is 4.79 Å². The minimum atomic E-state index is -0.194. The first-order valence-electron chi connectivity index (χ1n) is 10.7. The van der Waals surface area contributed by atoms with E-state index in [4.69, 9.17) is 9.78 Å². The van der Waals surface area contributed by atoms with E-state index in [9.17, 15) is 4.79 Å². The Hall–Kier alpha value is -3.55. The van der Waals surface area contributed by atoms with E-state index in [2.05, 4.69) is 57.7 Å². The number of aromatic nitrogens is 4. The highest BCUT2D eigenvalue weighted by Gasteiger charge is 2.13. The molecule has 0 aliphatic carbocycles. The summed E-state index contributed by atoms with van der Waals surface area (Å²) in [5.41, 5.74) is 3.84. The van der Waals surface area contributed by atoms with Crippen molar-refractivity contribution >= 4 is 34.1 Å². The summed E-state index contributed by atoms with van der Waals surface area (Å²) in [7, 11) is 0. The van der Waals surface area contributed by atoms with Gasteiger partial charge in [0.1, 0.15) is 0 Å². The van der Waals surface area contributed by atoms with Crippen LogP contribution in [0.3, 0.4) is 0 Å². The average molecular weight is 491 g/mol. The molecule has 4 rings (SSSR count). The van der Waals surface area contributed by atoms with Crippen molar-refractivity contribution in [3.63, 3.8) is 0 Å². The van der Waals surface area contributed by atoms with Crippen molar-refractivity contribution in [1.82, 2.24) is 20.3 Å². The van der Waals surface area contributed by atoms with Crippen molar-refractivity contribution < 1.29 is 9.32 Å². The molecule has 0 saturated heterocycles. The van der Waals surface area contributed by atoms with Gasteiger partial charge in [-0.05, 0) is 29.2 Å². The molecular weight excluding hydrogens is 468 g/mol. The maximum absolute atomic E-state index is 12.3. The molecule has 4 aromatic rings. The first-order valence-corrected chi connectivity index (χ1v) is 12.5.